The van der Waals surface area contributed by atoms with Gasteiger partial charge in [0.15, 0.2) is 4.80 Å². The predicted molar refractivity (Wildman–Crippen MR) is 116 cm³/mol. The van der Waals surface area contributed by atoms with Gasteiger partial charge in [-0.1, -0.05) is 18.3 Å². The molecule has 2 aromatic carbocycles. The van der Waals surface area contributed by atoms with Crippen molar-refractivity contribution in [2.45, 2.75) is 18.4 Å². The fourth-order valence-corrected chi connectivity index (χ4v) is 4.49. The number of aromatic nitrogens is 1. The van der Waals surface area contributed by atoms with Gasteiger partial charge in [0.25, 0.3) is 5.91 Å². The van der Waals surface area contributed by atoms with Crippen LogP contribution >= 0.6 is 23.1 Å². The Labute approximate surface area is 181 Å². The van der Waals surface area contributed by atoms with Crippen molar-refractivity contribution in [3.8, 4) is 0 Å². The van der Waals surface area contributed by atoms with E-state index in [1.807, 2.05) is 12.1 Å². The lowest BCUT2D eigenvalue weighted by Crippen LogP contribution is -2.22. The number of amides is 1. The molecule has 7 nitrogen and oxygen atoms in total. The summed E-state index contributed by atoms with van der Waals surface area (Å²) < 4.78 is 11.8. The number of thioether (sulfide) groups is 1. The highest BCUT2D eigenvalue weighted by Gasteiger charge is 2.15. The van der Waals surface area contributed by atoms with Crippen LogP contribution in [0.25, 0.3) is 10.2 Å². The molecule has 1 heterocycles. The highest BCUT2D eigenvalue weighted by Crippen LogP contribution is 2.21. The molecule has 0 N–H and O–H groups in total. The number of thiazole rings is 1. The van der Waals surface area contributed by atoms with Gasteiger partial charge < -0.3 is 14.0 Å². The monoisotopic (exact) mass is 444 g/mol. The zero-order chi connectivity index (χ0) is 21.7. The quantitative estimate of drug-likeness (QED) is 0.427. The van der Waals surface area contributed by atoms with E-state index in [0.717, 1.165) is 10.6 Å². The first kappa shape index (κ1) is 21.8. The van der Waals surface area contributed by atoms with Crippen molar-refractivity contribution < 1.29 is 23.9 Å². The Morgan fingerprint density at radius 3 is 2.37 bits per heavy atom. The van der Waals surface area contributed by atoms with E-state index in [1.165, 1.54) is 25.6 Å². The number of hydrogen-bond acceptors (Lipinski definition) is 7. The normalized spacial score (nSPS) is 11.5. The Balaban J connectivity index is 2.07. The number of hydrogen-bond donors (Lipinski definition) is 0. The Kier molecular flexibility index (Phi) is 7.07. The van der Waals surface area contributed by atoms with Gasteiger partial charge in [-0.25, -0.2) is 4.79 Å². The summed E-state index contributed by atoms with van der Waals surface area (Å²) in [6.45, 7) is 1.96. The van der Waals surface area contributed by atoms with E-state index in [1.54, 1.807) is 46.7 Å². The number of carbonyl (C=O) groups excluding carboxylic acids is 3. The van der Waals surface area contributed by atoms with E-state index >= 15 is 0 Å². The fraction of sp³-hybridized carbons (Fsp3) is 0.238. The number of methoxy groups -OCH3 is 2. The highest BCUT2D eigenvalue weighted by molar-refractivity contribution is 7.99. The Morgan fingerprint density at radius 1 is 1.03 bits per heavy atom. The second kappa shape index (κ2) is 9.73. The Bertz CT molecular complexity index is 1160. The maximum atomic E-state index is 12.7. The van der Waals surface area contributed by atoms with E-state index in [2.05, 4.69) is 11.9 Å². The molecule has 0 saturated carbocycles. The van der Waals surface area contributed by atoms with E-state index in [9.17, 15) is 14.4 Å². The van der Waals surface area contributed by atoms with E-state index in [0.29, 0.717) is 26.1 Å². The van der Waals surface area contributed by atoms with Crippen LogP contribution in [0, 0.1) is 0 Å². The van der Waals surface area contributed by atoms with Gasteiger partial charge in [-0.2, -0.15) is 4.99 Å². The first-order chi connectivity index (χ1) is 14.5. The van der Waals surface area contributed by atoms with Crippen molar-refractivity contribution in [3.05, 3.63) is 58.4 Å². The molecule has 0 saturated heterocycles. The SMILES string of the molecule is CCSc1ccc(C(=O)N=c2sc3cc(C(=O)OC)ccc3n2CC(=O)OC)cc1. The maximum absolute atomic E-state index is 12.7. The molecule has 3 aromatic rings. The van der Waals surface area contributed by atoms with Crippen molar-refractivity contribution in [2.75, 3.05) is 20.0 Å². The molecule has 9 heteroatoms. The van der Waals surface area contributed by atoms with E-state index in [4.69, 9.17) is 9.47 Å². The zero-order valence-electron chi connectivity index (χ0n) is 16.7. The summed E-state index contributed by atoms with van der Waals surface area (Å²) in [5.74, 6) is -0.409. The minimum atomic E-state index is -0.471. The predicted octanol–water partition coefficient (Wildman–Crippen LogP) is 3.52. The average molecular weight is 445 g/mol. The molecule has 1 amide bonds. The first-order valence-corrected chi connectivity index (χ1v) is 10.9. The molecule has 156 valence electrons. The van der Waals surface area contributed by atoms with Gasteiger partial charge in [-0.15, -0.1) is 11.8 Å². The van der Waals surface area contributed by atoms with Gasteiger partial charge in [0, 0.05) is 10.5 Å². The van der Waals surface area contributed by atoms with Crippen LogP contribution in [0.5, 0.6) is 0 Å². The second-order valence-electron chi connectivity index (χ2n) is 6.10. The third-order valence-corrected chi connectivity index (χ3v) is 6.16. The number of ether oxygens (including phenoxy) is 2. The van der Waals surface area contributed by atoms with Crippen LogP contribution in [0.1, 0.15) is 27.6 Å². The van der Waals surface area contributed by atoms with Crippen LogP contribution in [0.3, 0.4) is 0 Å². The van der Waals surface area contributed by atoms with Crippen molar-refractivity contribution in [2.24, 2.45) is 4.99 Å². The summed E-state index contributed by atoms with van der Waals surface area (Å²) in [6.07, 6.45) is 0. The highest BCUT2D eigenvalue weighted by atomic mass is 32.2. The summed E-state index contributed by atoms with van der Waals surface area (Å²) in [6, 6.07) is 12.2. The summed E-state index contributed by atoms with van der Waals surface area (Å²) in [7, 11) is 2.60. The summed E-state index contributed by atoms with van der Waals surface area (Å²) in [4.78, 5) is 42.1. The molecular weight excluding hydrogens is 424 g/mol. The summed E-state index contributed by atoms with van der Waals surface area (Å²) in [5, 5.41) is 0. The van der Waals surface area contributed by atoms with Crippen molar-refractivity contribution in [1.82, 2.24) is 4.57 Å². The van der Waals surface area contributed by atoms with Gasteiger partial charge in [0.05, 0.1) is 30.0 Å². The zero-order valence-corrected chi connectivity index (χ0v) is 18.3. The number of benzene rings is 2. The first-order valence-electron chi connectivity index (χ1n) is 9.07. The van der Waals surface area contributed by atoms with Crippen LogP contribution in [0.15, 0.2) is 52.4 Å². The van der Waals surface area contributed by atoms with Gasteiger partial charge >= 0.3 is 11.9 Å². The van der Waals surface area contributed by atoms with Crippen LogP contribution in [0.4, 0.5) is 0 Å². The number of fused-ring (bicyclic) bond motifs is 1. The number of nitrogens with zero attached hydrogens (tertiary/aromatic N) is 2. The lowest BCUT2D eigenvalue weighted by Gasteiger charge is -2.04. The van der Waals surface area contributed by atoms with Crippen LogP contribution < -0.4 is 4.80 Å². The molecule has 0 spiro atoms. The number of rotatable bonds is 6. The van der Waals surface area contributed by atoms with Gasteiger partial charge in [-0.3, -0.25) is 9.59 Å². The molecule has 3 rings (SSSR count). The van der Waals surface area contributed by atoms with E-state index in [-0.39, 0.29) is 6.54 Å². The van der Waals surface area contributed by atoms with Crippen molar-refractivity contribution >= 4 is 51.2 Å². The van der Waals surface area contributed by atoms with Crippen molar-refractivity contribution in [1.29, 1.82) is 0 Å². The molecule has 30 heavy (non-hydrogen) atoms. The van der Waals surface area contributed by atoms with Gasteiger partial charge in [0.2, 0.25) is 0 Å². The molecule has 0 unspecified atom stereocenters. The second-order valence-corrected chi connectivity index (χ2v) is 8.44. The summed E-state index contributed by atoms with van der Waals surface area (Å²) in [5.41, 5.74) is 1.49. The molecule has 0 bridgehead atoms. The third-order valence-electron chi connectivity index (χ3n) is 4.23. The maximum Gasteiger partial charge on any atom is 0.337 e. The third kappa shape index (κ3) is 4.80. The minimum Gasteiger partial charge on any atom is -0.468 e. The summed E-state index contributed by atoms with van der Waals surface area (Å²) >= 11 is 2.90. The molecule has 0 aliphatic heterocycles. The molecule has 0 aliphatic rings. The standard InChI is InChI=1S/C21H20N2O5S2/c1-4-29-15-8-5-13(6-9-15)19(25)22-21-23(12-18(24)27-2)16-10-7-14(20(26)28-3)11-17(16)30-21/h5-11H,4,12H2,1-3H3. The van der Waals surface area contributed by atoms with Crippen LogP contribution in [-0.2, 0) is 20.8 Å². The smallest absolute Gasteiger partial charge is 0.337 e. The number of esters is 2. The molecule has 0 fully saturated rings. The Morgan fingerprint density at radius 2 is 1.73 bits per heavy atom. The van der Waals surface area contributed by atoms with E-state index < -0.39 is 17.8 Å². The van der Waals surface area contributed by atoms with Gasteiger partial charge in [-0.05, 0) is 48.2 Å². The topological polar surface area (TPSA) is 87.0 Å². The lowest BCUT2D eigenvalue weighted by atomic mass is 10.2. The van der Waals surface area contributed by atoms with Crippen LogP contribution in [0.2, 0.25) is 0 Å². The molecule has 1 aromatic heterocycles. The largest absolute Gasteiger partial charge is 0.468 e. The van der Waals surface area contributed by atoms with Gasteiger partial charge in [0.1, 0.15) is 6.54 Å². The molecular formula is C21H20N2O5S2. The fourth-order valence-electron chi connectivity index (χ4n) is 2.76. The van der Waals surface area contributed by atoms with Crippen molar-refractivity contribution in [3.63, 3.8) is 0 Å². The molecule has 0 radical (unpaired) electrons. The number of carbonyl (C=O) groups is 3. The molecule has 0 atom stereocenters. The average Bonchev–Trinajstić information content (AvgIpc) is 3.09. The Hall–Kier alpha value is -2.91. The lowest BCUT2D eigenvalue weighted by molar-refractivity contribution is -0.141. The van der Waals surface area contributed by atoms with Crippen LogP contribution in [-0.4, -0.2) is 42.4 Å². The molecule has 0 aliphatic carbocycles. The minimum absolute atomic E-state index is 0.105.